The smallest absolute Gasteiger partial charge is 0.157 e. The van der Waals surface area contributed by atoms with Gasteiger partial charge in [0, 0.05) is 6.54 Å². The molecular weight excluding hydrogens is 396 g/mol. The second-order valence-corrected chi connectivity index (χ2v) is 9.50. The first-order valence-corrected chi connectivity index (χ1v) is 11.6. The molecule has 0 radical (unpaired) electrons. The number of pyridine rings is 1. The highest BCUT2D eigenvalue weighted by Crippen LogP contribution is 2.26. The molecule has 0 atom stereocenters. The summed E-state index contributed by atoms with van der Waals surface area (Å²) in [7, 11) is -3.18. The molecule has 6 nitrogen and oxygen atoms in total. The van der Waals surface area contributed by atoms with Crippen molar-refractivity contribution < 1.29 is 8.42 Å². The summed E-state index contributed by atoms with van der Waals surface area (Å²) in [5, 5.41) is 12.9. The number of aromatic nitrogens is 2. The summed E-state index contributed by atoms with van der Waals surface area (Å²) in [5.41, 5.74) is 4.51. The zero-order valence-corrected chi connectivity index (χ0v) is 17.5. The van der Waals surface area contributed by atoms with E-state index >= 15 is 0 Å². The number of rotatable bonds is 7. The van der Waals surface area contributed by atoms with Crippen molar-refractivity contribution in [2.45, 2.75) is 19.1 Å². The van der Waals surface area contributed by atoms with E-state index in [1.54, 1.807) is 0 Å². The summed E-state index contributed by atoms with van der Waals surface area (Å²) in [4.78, 5) is 4.63. The molecule has 0 aliphatic carbocycles. The number of benzene rings is 2. The van der Waals surface area contributed by atoms with Crippen LogP contribution in [0.4, 0.5) is 5.82 Å². The maximum atomic E-state index is 12.4. The fourth-order valence-corrected chi connectivity index (χ4v) is 5.06. The summed E-state index contributed by atoms with van der Waals surface area (Å²) >= 11 is 0. The quantitative estimate of drug-likeness (QED) is 0.457. The van der Waals surface area contributed by atoms with Crippen LogP contribution in [-0.2, 0) is 15.6 Å². The third kappa shape index (κ3) is 4.00. The molecule has 4 rings (SSSR count). The predicted octanol–water partition coefficient (Wildman–Crippen LogP) is 4.08. The Balaban J connectivity index is 1.53. The normalized spacial score (nSPS) is 11.6. The third-order valence-corrected chi connectivity index (χ3v) is 6.74. The fourth-order valence-electron chi connectivity index (χ4n) is 3.63. The molecule has 0 saturated carbocycles. The predicted molar refractivity (Wildman–Crippen MR) is 119 cm³/mol. The second kappa shape index (κ2) is 8.17. The number of nitrogens with one attached hydrogen (secondary N) is 1. The van der Waals surface area contributed by atoms with E-state index < -0.39 is 9.84 Å². The van der Waals surface area contributed by atoms with Crippen molar-refractivity contribution >= 4 is 32.3 Å². The molecule has 0 aliphatic heterocycles. The van der Waals surface area contributed by atoms with E-state index in [0.29, 0.717) is 24.2 Å². The van der Waals surface area contributed by atoms with E-state index in [4.69, 9.17) is 0 Å². The van der Waals surface area contributed by atoms with Crippen LogP contribution in [0.3, 0.4) is 0 Å². The molecule has 30 heavy (non-hydrogen) atoms. The summed E-state index contributed by atoms with van der Waals surface area (Å²) in [5.74, 6) is 0.966. The Kier molecular flexibility index (Phi) is 5.42. The van der Waals surface area contributed by atoms with Crippen molar-refractivity contribution in [1.29, 1.82) is 5.26 Å². The van der Waals surface area contributed by atoms with Gasteiger partial charge in [-0.1, -0.05) is 42.5 Å². The highest BCUT2D eigenvalue weighted by atomic mass is 32.2. The number of fused-ring (bicyclic) bond motifs is 3. The highest BCUT2D eigenvalue weighted by Gasteiger charge is 2.15. The van der Waals surface area contributed by atoms with Gasteiger partial charge in [-0.2, -0.15) is 5.26 Å². The minimum atomic E-state index is -3.18. The lowest BCUT2D eigenvalue weighted by molar-refractivity contribution is 0.593. The number of sulfone groups is 1. The van der Waals surface area contributed by atoms with E-state index in [1.807, 2.05) is 72.0 Å². The molecule has 2 aromatic heterocycles. The maximum Gasteiger partial charge on any atom is 0.157 e. The molecule has 0 bridgehead atoms. The Labute approximate surface area is 175 Å². The average molecular weight is 419 g/mol. The minimum Gasteiger partial charge on any atom is -0.371 e. The molecule has 0 unspecified atom stereocenters. The van der Waals surface area contributed by atoms with Gasteiger partial charge in [-0.15, -0.1) is 0 Å². The lowest BCUT2D eigenvalue weighted by Gasteiger charge is -2.12. The standard InChI is InChI=1S/C23H22N4O2S/c1-17-14-22(25-12-7-13-30(28,29)16-18-8-3-2-4-9-18)27-21-11-6-5-10-20(21)26-23(27)19(17)15-24/h2-6,8-11,14,25H,7,12-13,16H2,1H3. The first-order valence-electron chi connectivity index (χ1n) is 9.77. The topological polar surface area (TPSA) is 87.3 Å². The Morgan fingerprint density at radius 1 is 1.10 bits per heavy atom. The minimum absolute atomic E-state index is 0.0558. The number of aryl methyl sites for hydroxylation is 1. The first-order chi connectivity index (χ1) is 14.5. The van der Waals surface area contributed by atoms with Gasteiger partial charge in [-0.25, -0.2) is 13.4 Å². The summed E-state index contributed by atoms with van der Waals surface area (Å²) in [6.45, 7) is 2.38. The van der Waals surface area contributed by atoms with Gasteiger partial charge in [-0.3, -0.25) is 4.40 Å². The van der Waals surface area contributed by atoms with Gasteiger partial charge in [0.25, 0.3) is 0 Å². The SMILES string of the molecule is Cc1cc(NCCCS(=O)(=O)Cc2ccccc2)n2c(nc3ccccc32)c1C#N. The third-order valence-electron chi connectivity index (χ3n) is 5.05. The average Bonchev–Trinajstić information content (AvgIpc) is 3.11. The highest BCUT2D eigenvalue weighted by molar-refractivity contribution is 7.90. The molecule has 4 aromatic rings. The lowest BCUT2D eigenvalue weighted by Crippen LogP contribution is -2.14. The van der Waals surface area contributed by atoms with Crippen molar-refractivity contribution in [1.82, 2.24) is 9.38 Å². The van der Waals surface area contributed by atoms with Gasteiger partial charge in [0.05, 0.1) is 28.1 Å². The Morgan fingerprint density at radius 3 is 2.60 bits per heavy atom. The number of imidazole rings is 1. The number of hydrogen-bond donors (Lipinski definition) is 1. The summed E-state index contributed by atoms with van der Waals surface area (Å²) < 4.78 is 26.8. The molecule has 152 valence electrons. The molecule has 0 amide bonds. The fraction of sp³-hybridized carbons (Fsp3) is 0.217. The zero-order chi connectivity index (χ0) is 21.1. The van der Waals surface area contributed by atoms with Crippen molar-refractivity contribution in [3.8, 4) is 6.07 Å². The van der Waals surface area contributed by atoms with Crippen LogP contribution in [-0.4, -0.2) is 30.1 Å². The van der Waals surface area contributed by atoms with Gasteiger partial charge < -0.3 is 5.32 Å². The van der Waals surface area contributed by atoms with Gasteiger partial charge in [0.2, 0.25) is 0 Å². The van der Waals surface area contributed by atoms with Crippen LogP contribution in [0.2, 0.25) is 0 Å². The van der Waals surface area contributed by atoms with Crippen LogP contribution in [0.5, 0.6) is 0 Å². The first kappa shape index (κ1) is 19.9. The van der Waals surface area contributed by atoms with Crippen molar-refractivity contribution in [2.24, 2.45) is 0 Å². The molecule has 1 N–H and O–H groups in total. The largest absolute Gasteiger partial charge is 0.371 e. The molecular formula is C23H22N4O2S. The number of para-hydroxylation sites is 2. The Bertz CT molecular complexity index is 1350. The van der Waals surface area contributed by atoms with E-state index in [9.17, 15) is 13.7 Å². The molecule has 2 heterocycles. The van der Waals surface area contributed by atoms with E-state index in [0.717, 1.165) is 28.0 Å². The molecule has 7 heteroatoms. The van der Waals surface area contributed by atoms with Gasteiger partial charge >= 0.3 is 0 Å². The number of nitrogens with zero attached hydrogens (tertiary/aromatic N) is 3. The molecule has 0 spiro atoms. The monoisotopic (exact) mass is 418 g/mol. The van der Waals surface area contributed by atoms with Crippen LogP contribution < -0.4 is 5.32 Å². The Hall–Kier alpha value is -3.37. The van der Waals surface area contributed by atoms with Gasteiger partial charge in [0.15, 0.2) is 15.5 Å². The van der Waals surface area contributed by atoms with Crippen LogP contribution in [0.25, 0.3) is 16.7 Å². The van der Waals surface area contributed by atoms with Crippen LogP contribution in [0, 0.1) is 18.3 Å². The van der Waals surface area contributed by atoms with Crippen LogP contribution >= 0.6 is 0 Å². The molecule has 2 aromatic carbocycles. The zero-order valence-electron chi connectivity index (χ0n) is 16.7. The number of nitriles is 1. The van der Waals surface area contributed by atoms with E-state index in [-0.39, 0.29) is 11.5 Å². The summed E-state index contributed by atoms with van der Waals surface area (Å²) in [6.07, 6.45) is 0.488. The van der Waals surface area contributed by atoms with Crippen molar-refractivity contribution in [3.05, 3.63) is 77.4 Å². The molecule has 0 aliphatic rings. The maximum absolute atomic E-state index is 12.4. The van der Waals surface area contributed by atoms with Gasteiger partial charge in [0.1, 0.15) is 11.9 Å². The molecule has 0 saturated heterocycles. The molecule has 0 fully saturated rings. The number of hydrogen-bond acceptors (Lipinski definition) is 5. The Morgan fingerprint density at radius 2 is 1.83 bits per heavy atom. The van der Waals surface area contributed by atoms with Crippen molar-refractivity contribution in [2.75, 3.05) is 17.6 Å². The second-order valence-electron chi connectivity index (χ2n) is 7.32. The van der Waals surface area contributed by atoms with Crippen LogP contribution in [0.15, 0.2) is 60.7 Å². The van der Waals surface area contributed by atoms with Crippen molar-refractivity contribution in [3.63, 3.8) is 0 Å². The summed E-state index contributed by atoms with van der Waals surface area (Å²) in [6, 6.07) is 21.1. The number of anilines is 1. The van der Waals surface area contributed by atoms with E-state index in [2.05, 4.69) is 16.4 Å². The van der Waals surface area contributed by atoms with Crippen LogP contribution in [0.1, 0.15) is 23.1 Å². The van der Waals surface area contributed by atoms with E-state index in [1.165, 1.54) is 0 Å². The lowest BCUT2D eigenvalue weighted by atomic mass is 10.1. The van der Waals surface area contributed by atoms with Gasteiger partial charge in [-0.05, 0) is 42.7 Å².